The highest BCUT2D eigenvalue weighted by atomic mass is 16.2. The van der Waals surface area contributed by atoms with Gasteiger partial charge in [0, 0.05) is 17.3 Å². The van der Waals surface area contributed by atoms with Crippen molar-refractivity contribution < 1.29 is 4.79 Å². The topological polar surface area (TPSA) is 41.1 Å². The third kappa shape index (κ3) is 1.52. The summed E-state index contributed by atoms with van der Waals surface area (Å²) in [7, 11) is 0. The second kappa shape index (κ2) is 3.32. The molecule has 3 nitrogen and oxygen atoms in total. The number of amides is 1. The van der Waals surface area contributed by atoms with Crippen molar-refractivity contribution in [1.82, 2.24) is 5.32 Å². The maximum atomic E-state index is 11.9. The molecule has 1 heterocycles. The molecular formula is C13H16N2O. The zero-order chi connectivity index (χ0) is 11.3. The minimum Gasteiger partial charge on any atom is -0.324 e. The number of fused-ring (bicyclic) bond motifs is 1. The summed E-state index contributed by atoms with van der Waals surface area (Å²) >= 11 is 0. The Bertz CT molecular complexity index is 463. The van der Waals surface area contributed by atoms with Crippen LogP contribution in [0.1, 0.15) is 35.6 Å². The quantitative estimate of drug-likeness (QED) is 0.794. The van der Waals surface area contributed by atoms with Gasteiger partial charge in [0.2, 0.25) is 5.91 Å². The molecule has 2 N–H and O–H groups in total. The van der Waals surface area contributed by atoms with Crippen LogP contribution in [0.3, 0.4) is 0 Å². The lowest BCUT2D eigenvalue weighted by Crippen LogP contribution is -2.29. The van der Waals surface area contributed by atoms with Crippen molar-refractivity contribution in [2.75, 3.05) is 5.32 Å². The van der Waals surface area contributed by atoms with Crippen molar-refractivity contribution in [1.29, 1.82) is 0 Å². The normalized spacial score (nSPS) is 23.1. The van der Waals surface area contributed by atoms with Gasteiger partial charge in [0.15, 0.2) is 0 Å². The van der Waals surface area contributed by atoms with Crippen LogP contribution in [0.25, 0.3) is 0 Å². The summed E-state index contributed by atoms with van der Waals surface area (Å²) in [5.41, 5.74) is 4.53. The fourth-order valence-electron chi connectivity index (χ4n) is 2.45. The Hall–Kier alpha value is -1.35. The van der Waals surface area contributed by atoms with E-state index in [1.165, 1.54) is 24.0 Å². The van der Waals surface area contributed by atoms with Crippen molar-refractivity contribution in [2.45, 2.75) is 38.8 Å². The van der Waals surface area contributed by atoms with Gasteiger partial charge in [0.05, 0.1) is 0 Å². The molecule has 2 aliphatic rings. The number of hydrogen-bond acceptors (Lipinski definition) is 2. The predicted molar refractivity (Wildman–Crippen MR) is 63.4 cm³/mol. The molecule has 3 rings (SSSR count). The first-order valence-corrected chi connectivity index (χ1v) is 5.83. The van der Waals surface area contributed by atoms with Gasteiger partial charge < -0.3 is 5.32 Å². The van der Waals surface area contributed by atoms with E-state index in [2.05, 4.69) is 36.6 Å². The third-order valence-corrected chi connectivity index (χ3v) is 3.32. The maximum Gasteiger partial charge on any atom is 0.246 e. The summed E-state index contributed by atoms with van der Waals surface area (Å²) in [6.45, 7) is 4.13. The molecule has 1 saturated carbocycles. The molecule has 0 saturated heterocycles. The molecule has 1 aromatic carbocycles. The Morgan fingerprint density at radius 2 is 2.06 bits per heavy atom. The first-order chi connectivity index (χ1) is 7.65. The Labute approximate surface area is 95.2 Å². The van der Waals surface area contributed by atoms with E-state index < -0.39 is 0 Å². The van der Waals surface area contributed by atoms with Crippen molar-refractivity contribution in [3.05, 3.63) is 28.8 Å². The molecule has 1 unspecified atom stereocenters. The van der Waals surface area contributed by atoms with Crippen LogP contribution in [0.4, 0.5) is 5.69 Å². The number of benzene rings is 1. The lowest BCUT2D eigenvalue weighted by Gasteiger charge is -2.13. The lowest BCUT2D eigenvalue weighted by molar-refractivity contribution is -0.117. The van der Waals surface area contributed by atoms with Crippen molar-refractivity contribution in [3.63, 3.8) is 0 Å². The molecule has 3 heteroatoms. The zero-order valence-electron chi connectivity index (χ0n) is 9.63. The monoisotopic (exact) mass is 216 g/mol. The van der Waals surface area contributed by atoms with E-state index >= 15 is 0 Å². The predicted octanol–water partition coefficient (Wildman–Crippen LogP) is 2.05. The van der Waals surface area contributed by atoms with Gasteiger partial charge in [-0.15, -0.1) is 0 Å². The molecule has 0 aromatic heterocycles. The van der Waals surface area contributed by atoms with Gasteiger partial charge in [-0.2, -0.15) is 0 Å². The van der Waals surface area contributed by atoms with Gasteiger partial charge in [0.1, 0.15) is 6.04 Å². The number of aryl methyl sites for hydroxylation is 2. The number of nitrogens with one attached hydrogen (secondary N) is 2. The Kier molecular flexibility index (Phi) is 2.04. The molecule has 16 heavy (non-hydrogen) atoms. The van der Waals surface area contributed by atoms with Crippen LogP contribution in [0.15, 0.2) is 12.1 Å². The van der Waals surface area contributed by atoms with Gasteiger partial charge in [-0.25, -0.2) is 0 Å². The molecule has 84 valence electrons. The molecular weight excluding hydrogens is 200 g/mol. The van der Waals surface area contributed by atoms with Crippen LogP contribution in [0, 0.1) is 13.8 Å². The van der Waals surface area contributed by atoms with Crippen LogP contribution < -0.4 is 10.6 Å². The third-order valence-electron chi connectivity index (χ3n) is 3.32. The molecule has 1 atom stereocenters. The number of anilines is 1. The second-order valence-electron chi connectivity index (χ2n) is 4.91. The van der Waals surface area contributed by atoms with E-state index in [1.54, 1.807) is 0 Å². The van der Waals surface area contributed by atoms with E-state index in [9.17, 15) is 4.79 Å². The Balaban J connectivity index is 2.01. The van der Waals surface area contributed by atoms with Gasteiger partial charge in [-0.05, 0) is 43.9 Å². The Morgan fingerprint density at radius 3 is 2.75 bits per heavy atom. The van der Waals surface area contributed by atoms with E-state index in [4.69, 9.17) is 0 Å². The standard InChI is InChI=1S/C13H16N2O/c1-7-5-8(2)11-10(6-7)15-13(16)12(11)14-9-3-4-9/h5-6,9,12,14H,3-4H2,1-2H3,(H,15,16). The van der Waals surface area contributed by atoms with Gasteiger partial charge in [-0.1, -0.05) is 6.07 Å². The van der Waals surface area contributed by atoms with Gasteiger partial charge >= 0.3 is 0 Å². The van der Waals surface area contributed by atoms with Crippen LogP contribution >= 0.6 is 0 Å². The molecule has 0 radical (unpaired) electrons. The number of rotatable bonds is 2. The maximum absolute atomic E-state index is 11.9. The highest BCUT2D eigenvalue weighted by Crippen LogP contribution is 2.36. The summed E-state index contributed by atoms with van der Waals surface area (Å²) in [5, 5.41) is 6.37. The summed E-state index contributed by atoms with van der Waals surface area (Å²) in [5.74, 6) is 0.0931. The highest BCUT2D eigenvalue weighted by molar-refractivity contribution is 6.03. The van der Waals surface area contributed by atoms with E-state index in [0.717, 1.165) is 11.3 Å². The second-order valence-corrected chi connectivity index (χ2v) is 4.91. The summed E-state index contributed by atoms with van der Waals surface area (Å²) in [6.07, 6.45) is 2.40. The van der Waals surface area contributed by atoms with Crippen molar-refractivity contribution in [2.24, 2.45) is 0 Å². The molecule has 0 bridgehead atoms. The molecule has 0 spiro atoms. The molecule has 1 aliphatic heterocycles. The van der Waals surface area contributed by atoms with Crippen LogP contribution in [0.5, 0.6) is 0 Å². The SMILES string of the molecule is Cc1cc(C)c2c(c1)NC(=O)C2NC1CC1. The largest absolute Gasteiger partial charge is 0.324 e. The van der Waals surface area contributed by atoms with E-state index in [0.29, 0.717) is 6.04 Å². The Morgan fingerprint density at radius 1 is 1.31 bits per heavy atom. The van der Waals surface area contributed by atoms with Crippen LogP contribution in [-0.2, 0) is 4.79 Å². The highest BCUT2D eigenvalue weighted by Gasteiger charge is 2.36. The minimum atomic E-state index is -0.136. The molecule has 1 amide bonds. The minimum absolute atomic E-state index is 0.0931. The number of hydrogen-bond donors (Lipinski definition) is 2. The van der Waals surface area contributed by atoms with E-state index in [1.807, 2.05) is 0 Å². The summed E-state index contributed by atoms with van der Waals surface area (Å²) < 4.78 is 0. The average molecular weight is 216 g/mol. The lowest BCUT2D eigenvalue weighted by atomic mass is 10.00. The summed E-state index contributed by atoms with van der Waals surface area (Å²) in [6, 6.07) is 4.60. The fraction of sp³-hybridized carbons (Fsp3) is 0.462. The van der Waals surface area contributed by atoms with Gasteiger partial charge in [0.25, 0.3) is 0 Å². The first-order valence-electron chi connectivity index (χ1n) is 5.83. The average Bonchev–Trinajstić information content (AvgIpc) is 2.93. The number of carbonyl (C=O) groups is 1. The van der Waals surface area contributed by atoms with Gasteiger partial charge in [-0.3, -0.25) is 10.1 Å². The number of carbonyl (C=O) groups excluding carboxylic acids is 1. The summed E-state index contributed by atoms with van der Waals surface area (Å²) in [4.78, 5) is 11.9. The zero-order valence-corrected chi connectivity index (χ0v) is 9.63. The molecule has 1 fully saturated rings. The van der Waals surface area contributed by atoms with E-state index in [-0.39, 0.29) is 11.9 Å². The van der Waals surface area contributed by atoms with Crippen LogP contribution in [-0.4, -0.2) is 11.9 Å². The molecule has 1 aromatic rings. The molecule has 1 aliphatic carbocycles. The van der Waals surface area contributed by atoms with Crippen molar-refractivity contribution >= 4 is 11.6 Å². The first kappa shape index (κ1) is 9.85. The van der Waals surface area contributed by atoms with Crippen LogP contribution in [0.2, 0.25) is 0 Å². The fourth-order valence-corrected chi connectivity index (χ4v) is 2.45. The smallest absolute Gasteiger partial charge is 0.246 e. The van der Waals surface area contributed by atoms with Crippen molar-refractivity contribution in [3.8, 4) is 0 Å².